The van der Waals surface area contributed by atoms with Crippen LogP contribution in [-0.4, -0.2) is 89.0 Å². The number of benzene rings is 2. The molecule has 3 saturated heterocycles. The maximum absolute atomic E-state index is 15.4. The zero-order valence-electron chi connectivity index (χ0n) is 27.0. The molecule has 3 atom stereocenters. The van der Waals surface area contributed by atoms with Crippen molar-refractivity contribution < 1.29 is 31.5 Å². The Labute approximate surface area is 288 Å². The van der Waals surface area contributed by atoms with Gasteiger partial charge in [-0.3, -0.25) is 9.36 Å². The Balaban J connectivity index is 1.42. The Morgan fingerprint density at radius 1 is 1.12 bits per heavy atom. The molecule has 1 amide bonds. The molecule has 262 valence electrons. The Bertz CT molecular complexity index is 1900. The van der Waals surface area contributed by atoms with E-state index < -0.39 is 51.3 Å². The Morgan fingerprint density at radius 3 is 2.39 bits per heavy atom. The molecule has 5 heterocycles. The SMILES string of the molecule is C=CC(=O)N1[C@H](C)CN(c2nc(=O)n3c4c(c(-c5cc(Cl)c(F)cc5F)c(C(F)(F)F)cc24)SC[C@@H]3CN2CCC3(CC2)COC3)C[C@@H]1C. The zero-order valence-corrected chi connectivity index (χ0v) is 28.5. The minimum Gasteiger partial charge on any atom is -0.380 e. The molecule has 0 N–H and O–H groups in total. The standard InChI is InChI=1S/C34H35ClF5N5O3S/c1-4-27(46)44-18(2)12-43(13-19(44)3)31-22-9-23(34(38,39)40)28(21-10-24(35)26(37)11-25(21)36)30-29(22)45(32(47)41-31)20(15-49-30)14-42-7-5-33(6-8-42)16-48-17-33/h4,9-11,18-20H,1,5-8,12-17H2,2-3H3/t18-,19+,20-/m0/s1. The van der Waals surface area contributed by atoms with Crippen LogP contribution in [0.5, 0.6) is 0 Å². The highest BCUT2D eigenvalue weighted by atomic mass is 35.5. The highest BCUT2D eigenvalue weighted by Gasteiger charge is 2.43. The van der Waals surface area contributed by atoms with Crippen LogP contribution in [0.25, 0.3) is 22.0 Å². The van der Waals surface area contributed by atoms with Crippen molar-refractivity contribution in [3.8, 4) is 11.1 Å². The summed E-state index contributed by atoms with van der Waals surface area (Å²) in [5.41, 5.74) is -2.40. The summed E-state index contributed by atoms with van der Waals surface area (Å²) in [7, 11) is 0. The van der Waals surface area contributed by atoms with Crippen LogP contribution in [0.3, 0.4) is 0 Å². The predicted octanol–water partition coefficient (Wildman–Crippen LogP) is 6.38. The van der Waals surface area contributed by atoms with Crippen LogP contribution in [0.4, 0.5) is 27.8 Å². The number of hydrogen-bond donors (Lipinski definition) is 0. The second-order valence-electron chi connectivity index (χ2n) is 13.7. The monoisotopic (exact) mass is 723 g/mol. The number of aromatic nitrogens is 2. The Kier molecular flexibility index (Phi) is 8.76. The number of piperidine rings is 1. The van der Waals surface area contributed by atoms with Gasteiger partial charge in [-0.05, 0) is 58.0 Å². The van der Waals surface area contributed by atoms with Crippen molar-refractivity contribution in [1.29, 1.82) is 0 Å². The smallest absolute Gasteiger partial charge is 0.380 e. The first-order valence-electron chi connectivity index (χ1n) is 16.2. The van der Waals surface area contributed by atoms with Crippen molar-refractivity contribution in [2.45, 2.75) is 55.9 Å². The van der Waals surface area contributed by atoms with Crippen molar-refractivity contribution in [2.24, 2.45) is 5.41 Å². The van der Waals surface area contributed by atoms with Gasteiger partial charge >= 0.3 is 11.9 Å². The van der Waals surface area contributed by atoms with Gasteiger partial charge in [0.25, 0.3) is 0 Å². The lowest BCUT2D eigenvalue weighted by atomic mass is 9.77. The highest BCUT2D eigenvalue weighted by Crippen LogP contribution is 2.51. The number of halogens is 6. The third-order valence-corrected chi connectivity index (χ3v) is 11.9. The molecule has 0 aliphatic carbocycles. The summed E-state index contributed by atoms with van der Waals surface area (Å²) in [5, 5.41) is -0.443. The molecule has 4 aliphatic rings. The van der Waals surface area contributed by atoms with Gasteiger partial charge in [-0.2, -0.15) is 18.2 Å². The van der Waals surface area contributed by atoms with Gasteiger partial charge in [0, 0.05) is 70.4 Å². The van der Waals surface area contributed by atoms with Crippen molar-refractivity contribution in [3.63, 3.8) is 0 Å². The van der Waals surface area contributed by atoms with E-state index in [2.05, 4.69) is 16.5 Å². The first-order valence-corrected chi connectivity index (χ1v) is 17.6. The fraction of sp³-hybridized carbons (Fsp3) is 0.500. The second-order valence-corrected chi connectivity index (χ2v) is 15.1. The van der Waals surface area contributed by atoms with Crippen molar-refractivity contribution in [1.82, 2.24) is 19.4 Å². The van der Waals surface area contributed by atoms with Gasteiger partial charge < -0.3 is 19.4 Å². The van der Waals surface area contributed by atoms with E-state index in [-0.39, 0.29) is 63.9 Å². The van der Waals surface area contributed by atoms with Crippen LogP contribution < -0.4 is 10.6 Å². The number of thioether (sulfide) groups is 1. The zero-order chi connectivity index (χ0) is 35.0. The maximum atomic E-state index is 15.4. The van der Waals surface area contributed by atoms with Gasteiger partial charge in [0.2, 0.25) is 5.91 Å². The van der Waals surface area contributed by atoms with E-state index in [1.807, 2.05) is 13.8 Å². The van der Waals surface area contributed by atoms with Crippen LogP contribution in [0, 0.1) is 17.0 Å². The van der Waals surface area contributed by atoms with E-state index in [1.165, 1.54) is 10.6 Å². The number of amides is 1. The summed E-state index contributed by atoms with van der Waals surface area (Å²) in [4.78, 5) is 36.9. The average molecular weight is 724 g/mol. The van der Waals surface area contributed by atoms with Gasteiger partial charge in [0.15, 0.2) is 0 Å². The van der Waals surface area contributed by atoms with E-state index in [4.69, 9.17) is 16.3 Å². The van der Waals surface area contributed by atoms with Gasteiger partial charge in [-0.15, -0.1) is 11.8 Å². The summed E-state index contributed by atoms with van der Waals surface area (Å²) in [6.45, 7) is 11.1. The number of rotatable bonds is 5. The molecule has 0 unspecified atom stereocenters. The summed E-state index contributed by atoms with van der Waals surface area (Å²) >= 11 is 7.12. The maximum Gasteiger partial charge on any atom is 0.417 e. The molecule has 8 nitrogen and oxygen atoms in total. The molecule has 49 heavy (non-hydrogen) atoms. The summed E-state index contributed by atoms with van der Waals surface area (Å²) < 4.78 is 81.7. The largest absolute Gasteiger partial charge is 0.417 e. The molecule has 3 fully saturated rings. The molecule has 1 aromatic heterocycles. The molecule has 0 bridgehead atoms. The first-order chi connectivity index (χ1) is 23.2. The minimum atomic E-state index is -4.96. The van der Waals surface area contributed by atoms with Gasteiger partial charge in [0.05, 0.1) is 35.4 Å². The molecule has 7 rings (SSSR count). The van der Waals surface area contributed by atoms with Crippen LogP contribution in [0.1, 0.15) is 38.3 Å². The number of nitrogens with zero attached hydrogens (tertiary/aromatic N) is 5. The van der Waals surface area contributed by atoms with E-state index in [1.54, 1.807) is 9.80 Å². The molecule has 0 saturated carbocycles. The molecule has 1 spiro atoms. The molecule has 2 aromatic carbocycles. The number of ether oxygens (including phenoxy) is 1. The Hall–Kier alpha value is -3.20. The fourth-order valence-electron chi connectivity index (χ4n) is 7.89. The van der Waals surface area contributed by atoms with Crippen molar-refractivity contribution in [2.75, 3.05) is 56.6 Å². The van der Waals surface area contributed by atoms with Gasteiger partial charge in [-0.1, -0.05) is 18.2 Å². The van der Waals surface area contributed by atoms with Crippen molar-refractivity contribution in [3.05, 3.63) is 63.6 Å². The third-order valence-electron chi connectivity index (χ3n) is 10.4. The lowest BCUT2D eigenvalue weighted by Gasteiger charge is -2.48. The number of likely N-dealkylation sites (tertiary alicyclic amines) is 1. The van der Waals surface area contributed by atoms with Crippen molar-refractivity contribution >= 4 is 46.0 Å². The average Bonchev–Trinajstić information content (AvgIpc) is 3.03. The number of alkyl halides is 3. The summed E-state index contributed by atoms with van der Waals surface area (Å²) in [5.74, 6) is -2.29. The van der Waals surface area contributed by atoms with E-state index >= 15 is 17.6 Å². The fourth-order valence-corrected chi connectivity index (χ4v) is 9.38. The summed E-state index contributed by atoms with van der Waals surface area (Å²) in [6, 6.07) is 1.07. The van der Waals surface area contributed by atoms with Crippen LogP contribution in [-0.2, 0) is 15.7 Å². The second kappa shape index (κ2) is 12.5. The normalized spacial score (nSPS) is 24.0. The summed E-state index contributed by atoms with van der Waals surface area (Å²) in [6.07, 6.45) is -1.85. The van der Waals surface area contributed by atoms with Crippen LogP contribution in [0.15, 0.2) is 40.5 Å². The van der Waals surface area contributed by atoms with E-state index in [0.717, 1.165) is 63.0 Å². The highest BCUT2D eigenvalue weighted by molar-refractivity contribution is 7.99. The van der Waals surface area contributed by atoms with Gasteiger partial charge in [0.1, 0.15) is 17.5 Å². The first kappa shape index (κ1) is 34.3. The number of carbonyl (C=O) groups excluding carboxylic acids is 1. The van der Waals surface area contributed by atoms with Crippen LogP contribution >= 0.6 is 23.4 Å². The lowest BCUT2D eigenvalue weighted by Crippen LogP contribution is -2.58. The number of anilines is 1. The Morgan fingerprint density at radius 2 is 1.80 bits per heavy atom. The number of hydrogen-bond acceptors (Lipinski definition) is 7. The molecular formula is C34H35ClF5N5O3S. The molecule has 0 radical (unpaired) electrons. The molecule has 4 aliphatic heterocycles. The quantitative estimate of drug-likeness (QED) is 0.172. The number of carbonyl (C=O) groups is 1. The predicted molar refractivity (Wildman–Crippen MR) is 178 cm³/mol. The van der Waals surface area contributed by atoms with Gasteiger partial charge in [-0.25, -0.2) is 13.6 Å². The molecule has 15 heteroatoms. The molecular weight excluding hydrogens is 689 g/mol. The van der Waals surface area contributed by atoms with Crippen LogP contribution in [0.2, 0.25) is 5.02 Å². The number of piperazine rings is 1. The van der Waals surface area contributed by atoms with E-state index in [9.17, 15) is 14.0 Å². The topological polar surface area (TPSA) is 70.9 Å². The minimum absolute atomic E-state index is 0.0502. The van der Waals surface area contributed by atoms with E-state index in [0.29, 0.717) is 12.6 Å². The lowest BCUT2D eigenvalue weighted by molar-refractivity contribution is -0.140. The molecule has 3 aromatic rings. The third kappa shape index (κ3) is 5.91.